The van der Waals surface area contributed by atoms with Gasteiger partial charge in [-0.05, 0) is 24.9 Å². The molecule has 0 aliphatic carbocycles. The van der Waals surface area contributed by atoms with Gasteiger partial charge in [0.1, 0.15) is 18.1 Å². The minimum atomic E-state index is -1.59. The number of hydrogen-bond acceptors (Lipinski definition) is 9. The number of nitrogens with one attached hydrogen (secondary N) is 4. The molecule has 200 valence electrons. The Hall–Kier alpha value is -3.66. The Morgan fingerprint density at radius 1 is 1.00 bits per heavy atom. The van der Waals surface area contributed by atoms with E-state index in [4.69, 9.17) is 16.6 Å². The van der Waals surface area contributed by atoms with E-state index in [2.05, 4.69) is 25.9 Å². The summed E-state index contributed by atoms with van der Waals surface area (Å²) in [7, 11) is 0. The lowest BCUT2D eigenvalue weighted by atomic mass is 10.1. The molecule has 0 aliphatic rings. The van der Waals surface area contributed by atoms with E-state index in [9.17, 15) is 33.9 Å². The zero-order valence-electron chi connectivity index (χ0n) is 19.6. The molecule has 15 nitrogen and oxygen atoms in total. The number of nitrogens with two attached hydrogens (primary N) is 2. The van der Waals surface area contributed by atoms with Crippen LogP contribution in [0.25, 0.3) is 0 Å². The predicted molar refractivity (Wildman–Crippen MR) is 127 cm³/mol. The number of nitrogens with zero attached hydrogens (tertiary/aromatic N) is 1. The SMILES string of the molecule is CSCCC(NC(=O)C(Cc1cnc[nH]1)NC(=O)C(N)CCC(=O)O)C(=O)NC(CC(N)=O)C(=O)O. The maximum Gasteiger partial charge on any atom is 0.326 e. The lowest BCUT2D eigenvalue weighted by Gasteiger charge is -2.25. The van der Waals surface area contributed by atoms with Crippen molar-refractivity contribution in [3.05, 3.63) is 18.2 Å². The van der Waals surface area contributed by atoms with Gasteiger partial charge in [0.15, 0.2) is 0 Å². The van der Waals surface area contributed by atoms with E-state index >= 15 is 0 Å². The summed E-state index contributed by atoms with van der Waals surface area (Å²) in [6.45, 7) is 0. The minimum Gasteiger partial charge on any atom is -0.481 e. The number of carboxylic acids is 2. The number of aromatic amines is 1. The molecular formula is C20H31N7O8S. The molecule has 1 rings (SSSR count). The molecule has 0 saturated carbocycles. The van der Waals surface area contributed by atoms with Gasteiger partial charge in [0, 0.05) is 24.7 Å². The number of aliphatic carboxylic acids is 2. The number of imidazole rings is 1. The monoisotopic (exact) mass is 529 g/mol. The van der Waals surface area contributed by atoms with Crippen molar-refractivity contribution in [3.8, 4) is 0 Å². The van der Waals surface area contributed by atoms with Crippen molar-refractivity contribution in [2.24, 2.45) is 11.5 Å². The van der Waals surface area contributed by atoms with Crippen LogP contribution in [-0.2, 0) is 35.2 Å². The summed E-state index contributed by atoms with van der Waals surface area (Å²) in [5.74, 6) is -5.52. The number of carbonyl (C=O) groups excluding carboxylic acids is 4. The molecular weight excluding hydrogens is 498 g/mol. The summed E-state index contributed by atoms with van der Waals surface area (Å²) in [4.78, 5) is 78.3. The average molecular weight is 530 g/mol. The molecule has 1 heterocycles. The zero-order chi connectivity index (χ0) is 27.3. The highest BCUT2D eigenvalue weighted by molar-refractivity contribution is 7.98. The largest absolute Gasteiger partial charge is 0.481 e. The van der Waals surface area contributed by atoms with E-state index in [0.29, 0.717) is 11.4 Å². The highest BCUT2D eigenvalue weighted by atomic mass is 32.2. The molecule has 0 saturated heterocycles. The van der Waals surface area contributed by atoms with E-state index in [1.54, 1.807) is 6.26 Å². The first-order valence-electron chi connectivity index (χ1n) is 10.8. The quantitative estimate of drug-likeness (QED) is 0.103. The van der Waals surface area contributed by atoms with Crippen LogP contribution in [0.2, 0.25) is 0 Å². The van der Waals surface area contributed by atoms with Gasteiger partial charge in [-0.25, -0.2) is 9.78 Å². The van der Waals surface area contributed by atoms with Gasteiger partial charge in [-0.3, -0.25) is 24.0 Å². The van der Waals surface area contributed by atoms with Gasteiger partial charge in [0.25, 0.3) is 0 Å². The number of aromatic nitrogens is 2. The number of primary amides is 1. The number of rotatable bonds is 17. The minimum absolute atomic E-state index is 0.0560. The summed E-state index contributed by atoms with van der Waals surface area (Å²) in [6.07, 6.45) is 3.47. The summed E-state index contributed by atoms with van der Waals surface area (Å²) in [5.41, 5.74) is 11.3. The van der Waals surface area contributed by atoms with E-state index < -0.39 is 66.2 Å². The van der Waals surface area contributed by atoms with Crippen LogP contribution in [0.1, 0.15) is 31.4 Å². The molecule has 4 amide bonds. The molecule has 1 aromatic heterocycles. The maximum absolute atomic E-state index is 13.1. The number of amides is 4. The molecule has 0 radical (unpaired) electrons. The van der Waals surface area contributed by atoms with E-state index in [-0.39, 0.29) is 25.7 Å². The number of thioether (sulfide) groups is 1. The fraction of sp³-hybridized carbons (Fsp3) is 0.550. The highest BCUT2D eigenvalue weighted by Crippen LogP contribution is 2.06. The van der Waals surface area contributed by atoms with Crippen molar-refractivity contribution in [3.63, 3.8) is 0 Å². The molecule has 0 bridgehead atoms. The molecule has 0 spiro atoms. The summed E-state index contributed by atoms with van der Waals surface area (Å²) in [6, 6.07) is -5.20. The third-order valence-corrected chi connectivity index (χ3v) is 5.53. The van der Waals surface area contributed by atoms with Gasteiger partial charge in [-0.1, -0.05) is 0 Å². The molecule has 10 N–H and O–H groups in total. The topological polar surface area (TPSA) is 260 Å². The van der Waals surface area contributed by atoms with Gasteiger partial charge in [0.2, 0.25) is 23.6 Å². The average Bonchev–Trinajstić information content (AvgIpc) is 3.31. The molecule has 0 fully saturated rings. The van der Waals surface area contributed by atoms with Crippen LogP contribution in [0.15, 0.2) is 12.5 Å². The van der Waals surface area contributed by atoms with E-state index in [1.807, 2.05) is 0 Å². The molecule has 1 aromatic rings. The lowest BCUT2D eigenvalue weighted by molar-refractivity contribution is -0.143. The Labute approximate surface area is 210 Å². The second kappa shape index (κ2) is 15.4. The highest BCUT2D eigenvalue weighted by Gasteiger charge is 2.31. The first-order chi connectivity index (χ1) is 16.9. The normalized spacial score (nSPS) is 14.1. The molecule has 16 heteroatoms. The van der Waals surface area contributed by atoms with Crippen LogP contribution in [0.3, 0.4) is 0 Å². The Bertz CT molecular complexity index is 927. The third-order valence-electron chi connectivity index (χ3n) is 4.88. The predicted octanol–water partition coefficient (Wildman–Crippen LogP) is -2.69. The molecule has 0 aliphatic heterocycles. The van der Waals surface area contributed by atoms with Gasteiger partial charge in [-0.2, -0.15) is 11.8 Å². The van der Waals surface area contributed by atoms with E-state index in [1.165, 1.54) is 24.3 Å². The lowest BCUT2D eigenvalue weighted by Crippen LogP contribution is -2.58. The molecule has 0 aromatic carbocycles. The Morgan fingerprint density at radius 3 is 2.14 bits per heavy atom. The van der Waals surface area contributed by atoms with Crippen LogP contribution in [0.5, 0.6) is 0 Å². The summed E-state index contributed by atoms with van der Waals surface area (Å²) in [5, 5.41) is 25.2. The first kappa shape index (κ1) is 30.4. The van der Waals surface area contributed by atoms with Gasteiger partial charge in [-0.15, -0.1) is 0 Å². The molecule has 36 heavy (non-hydrogen) atoms. The second-order valence-corrected chi connectivity index (χ2v) is 8.78. The first-order valence-corrected chi connectivity index (χ1v) is 12.2. The number of carbonyl (C=O) groups is 6. The number of carboxylic acid groups (broad SMARTS) is 2. The van der Waals surface area contributed by atoms with E-state index in [0.717, 1.165) is 0 Å². The molecule has 4 atom stereocenters. The van der Waals surface area contributed by atoms with Crippen molar-refractivity contribution < 1.29 is 39.0 Å². The van der Waals surface area contributed by atoms with Crippen molar-refractivity contribution in [2.75, 3.05) is 12.0 Å². The van der Waals surface area contributed by atoms with Gasteiger partial charge < -0.3 is 42.6 Å². The molecule has 4 unspecified atom stereocenters. The van der Waals surface area contributed by atoms with Crippen molar-refractivity contribution >= 4 is 47.3 Å². The van der Waals surface area contributed by atoms with Crippen molar-refractivity contribution in [1.82, 2.24) is 25.9 Å². The second-order valence-electron chi connectivity index (χ2n) is 7.79. The van der Waals surface area contributed by atoms with Crippen LogP contribution < -0.4 is 27.4 Å². The fourth-order valence-corrected chi connectivity index (χ4v) is 3.44. The maximum atomic E-state index is 13.1. The fourth-order valence-electron chi connectivity index (χ4n) is 2.96. The van der Waals surface area contributed by atoms with Crippen LogP contribution >= 0.6 is 11.8 Å². The van der Waals surface area contributed by atoms with Crippen LogP contribution in [-0.4, -0.2) is 91.9 Å². The Balaban J connectivity index is 3.02. The zero-order valence-corrected chi connectivity index (χ0v) is 20.4. The van der Waals surface area contributed by atoms with Crippen molar-refractivity contribution in [2.45, 2.75) is 56.3 Å². The Morgan fingerprint density at radius 2 is 1.61 bits per heavy atom. The number of H-pyrrole nitrogens is 1. The van der Waals surface area contributed by atoms with Gasteiger partial charge >= 0.3 is 11.9 Å². The van der Waals surface area contributed by atoms with Gasteiger partial charge in [0.05, 0.1) is 18.8 Å². The van der Waals surface area contributed by atoms with Crippen molar-refractivity contribution in [1.29, 1.82) is 0 Å². The van der Waals surface area contributed by atoms with Crippen LogP contribution in [0, 0.1) is 0 Å². The number of hydrogen-bond donors (Lipinski definition) is 8. The summed E-state index contributed by atoms with van der Waals surface area (Å²) < 4.78 is 0. The third kappa shape index (κ3) is 11.2. The smallest absolute Gasteiger partial charge is 0.326 e. The summed E-state index contributed by atoms with van der Waals surface area (Å²) >= 11 is 1.38. The Kier molecular flexibility index (Phi) is 13.0. The standard InChI is InChI=1S/C20H31N7O8S/c1-36-5-4-12(18(32)27-14(20(34)35)7-15(22)28)25-19(33)13(6-10-8-23-9-24-10)26-17(31)11(21)2-3-16(29)30/h8-9,11-14H,2-7,21H2,1H3,(H2,22,28)(H,23,24)(H,25,33)(H,26,31)(H,27,32)(H,29,30)(H,34,35). The van der Waals surface area contributed by atoms with Crippen LogP contribution in [0.4, 0.5) is 0 Å².